The first-order valence-corrected chi connectivity index (χ1v) is 6.33. The van der Waals surface area contributed by atoms with Gasteiger partial charge in [-0.05, 0) is 31.5 Å². The van der Waals surface area contributed by atoms with E-state index in [1.165, 1.54) is 16.0 Å². The second-order valence-corrected chi connectivity index (χ2v) is 5.41. The third kappa shape index (κ3) is 1.99. The van der Waals surface area contributed by atoms with Crippen LogP contribution in [0.25, 0.3) is 0 Å². The van der Waals surface area contributed by atoms with Crippen LogP contribution in [0.3, 0.4) is 0 Å². The molecular formula is C11H17OS+. The van der Waals surface area contributed by atoms with Crippen molar-refractivity contribution in [1.82, 2.24) is 0 Å². The van der Waals surface area contributed by atoms with Crippen LogP contribution in [0.1, 0.15) is 11.1 Å². The first-order chi connectivity index (χ1) is 6.07. The van der Waals surface area contributed by atoms with Crippen LogP contribution in [0, 0.1) is 13.8 Å². The minimum Gasteiger partial charge on any atom is -0.496 e. The highest BCUT2D eigenvalue weighted by atomic mass is 32.2. The van der Waals surface area contributed by atoms with Crippen LogP contribution in [0.4, 0.5) is 0 Å². The monoisotopic (exact) mass is 197 g/mol. The van der Waals surface area contributed by atoms with Gasteiger partial charge in [0.2, 0.25) is 0 Å². The fourth-order valence-corrected chi connectivity index (χ4v) is 2.54. The van der Waals surface area contributed by atoms with Crippen LogP contribution in [0.2, 0.25) is 0 Å². The lowest BCUT2D eigenvalue weighted by molar-refractivity contribution is 0.411. The molecule has 2 heteroatoms. The molecule has 0 aliphatic carbocycles. The summed E-state index contributed by atoms with van der Waals surface area (Å²) in [6.45, 7) is 4.28. The molecule has 0 aliphatic heterocycles. The first kappa shape index (κ1) is 10.5. The summed E-state index contributed by atoms with van der Waals surface area (Å²) >= 11 is 0. The van der Waals surface area contributed by atoms with Gasteiger partial charge in [0.1, 0.15) is 18.3 Å². The average Bonchev–Trinajstić information content (AvgIpc) is 2.09. The van der Waals surface area contributed by atoms with E-state index < -0.39 is 0 Å². The van der Waals surface area contributed by atoms with E-state index in [1.807, 2.05) is 0 Å². The van der Waals surface area contributed by atoms with Crippen molar-refractivity contribution in [3.05, 3.63) is 23.3 Å². The van der Waals surface area contributed by atoms with E-state index in [2.05, 4.69) is 38.5 Å². The molecule has 0 N–H and O–H groups in total. The fourth-order valence-electron chi connectivity index (χ4n) is 1.43. The molecule has 0 unspecified atom stereocenters. The highest BCUT2D eigenvalue weighted by Crippen LogP contribution is 2.26. The summed E-state index contributed by atoms with van der Waals surface area (Å²) in [7, 11) is 2.05. The molecule has 1 nitrogen and oxygen atoms in total. The maximum atomic E-state index is 5.26. The molecule has 0 radical (unpaired) electrons. The van der Waals surface area contributed by atoms with Crippen molar-refractivity contribution >= 4 is 10.9 Å². The minimum absolute atomic E-state index is 0.333. The lowest BCUT2D eigenvalue weighted by atomic mass is 10.1. The zero-order valence-corrected chi connectivity index (χ0v) is 9.79. The molecule has 0 atom stereocenters. The van der Waals surface area contributed by atoms with Crippen LogP contribution in [0.15, 0.2) is 17.0 Å². The Morgan fingerprint density at radius 2 is 1.69 bits per heavy atom. The van der Waals surface area contributed by atoms with Crippen molar-refractivity contribution in [3.8, 4) is 5.75 Å². The smallest absolute Gasteiger partial charge is 0.157 e. The quantitative estimate of drug-likeness (QED) is 0.662. The third-order valence-corrected chi connectivity index (χ3v) is 3.67. The van der Waals surface area contributed by atoms with Crippen molar-refractivity contribution in [2.75, 3.05) is 19.6 Å². The van der Waals surface area contributed by atoms with Crippen LogP contribution in [-0.2, 0) is 10.9 Å². The normalized spacial score (nSPS) is 10.6. The fraction of sp³-hybridized carbons (Fsp3) is 0.455. The van der Waals surface area contributed by atoms with Gasteiger partial charge in [0, 0.05) is 16.5 Å². The predicted molar refractivity (Wildman–Crippen MR) is 59.9 cm³/mol. The van der Waals surface area contributed by atoms with Crippen molar-refractivity contribution in [3.63, 3.8) is 0 Å². The van der Waals surface area contributed by atoms with Gasteiger partial charge < -0.3 is 4.74 Å². The van der Waals surface area contributed by atoms with Crippen molar-refractivity contribution in [2.24, 2.45) is 0 Å². The Kier molecular flexibility index (Phi) is 3.26. The molecule has 0 aromatic heterocycles. The molecule has 0 fully saturated rings. The van der Waals surface area contributed by atoms with Gasteiger partial charge in [-0.1, -0.05) is 0 Å². The highest BCUT2D eigenvalue weighted by molar-refractivity contribution is 7.95. The number of methoxy groups -OCH3 is 1. The third-order valence-electron chi connectivity index (χ3n) is 2.35. The van der Waals surface area contributed by atoms with Gasteiger partial charge in [0.25, 0.3) is 0 Å². The molecule has 1 rings (SSSR count). The summed E-state index contributed by atoms with van der Waals surface area (Å²) in [5.74, 6) is 0.992. The van der Waals surface area contributed by atoms with Crippen LogP contribution in [-0.4, -0.2) is 19.6 Å². The summed E-state index contributed by atoms with van der Waals surface area (Å²) in [5.41, 5.74) is 2.63. The molecule has 0 bridgehead atoms. The number of hydrogen-bond acceptors (Lipinski definition) is 1. The summed E-state index contributed by atoms with van der Waals surface area (Å²) in [6, 6.07) is 4.23. The second-order valence-electron chi connectivity index (χ2n) is 3.33. The van der Waals surface area contributed by atoms with E-state index in [0.29, 0.717) is 10.9 Å². The SMILES string of the molecule is COc1ccc([S+](C)C)c(C)c1C. The standard InChI is InChI=1S/C11H17OS/c1-8-9(2)11(13(4)5)7-6-10(8)12-3/h6-7H,1-5H3/q+1. The number of rotatable bonds is 2. The summed E-state index contributed by atoms with van der Waals surface area (Å²) < 4.78 is 5.26. The molecular weight excluding hydrogens is 180 g/mol. The molecule has 0 amide bonds. The molecule has 13 heavy (non-hydrogen) atoms. The molecule has 0 heterocycles. The van der Waals surface area contributed by atoms with Gasteiger partial charge in [0.05, 0.1) is 7.11 Å². The molecule has 0 aliphatic rings. The predicted octanol–water partition coefficient (Wildman–Crippen LogP) is 2.55. The van der Waals surface area contributed by atoms with Gasteiger partial charge in [0.15, 0.2) is 4.90 Å². The molecule has 1 aromatic rings. The van der Waals surface area contributed by atoms with E-state index >= 15 is 0 Å². The van der Waals surface area contributed by atoms with E-state index in [-0.39, 0.29) is 0 Å². The Balaban J connectivity index is 3.23. The minimum atomic E-state index is 0.333. The molecule has 0 spiro atoms. The van der Waals surface area contributed by atoms with E-state index in [9.17, 15) is 0 Å². The van der Waals surface area contributed by atoms with Crippen LogP contribution < -0.4 is 4.74 Å². The van der Waals surface area contributed by atoms with E-state index in [0.717, 1.165) is 5.75 Å². The Bertz CT molecular complexity index is 305. The largest absolute Gasteiger partial charge is 0.496 e. The zero-order valence-electron chi connectivity index (χ0n) is 8.97. The Morgan fingerprint density at radius 1 is 1.08 bits per heavy atom. The number of ether oxygens (including phenoxy) is 1. The summed E-state index contributed by atoms with van der Waals surface area (Å²) in [4.78, 5) is 1.44. The van der Waals surface area contributed by atoms with Gasteiger partial charge in [-0.2, -0.15) is 0 Å². The number of benzene rings is 1. The Morgan fingerprint density at radius 3 is 2.15 bits per heavy atom. The lowest BCUT2D eigenvalue weighted by Crippen LogP contribution is -2.01. The van der Waals surface area contributed by atoms with Crippen LogP contribution >= 0.6 is 0 Å². The highest BCUT2D eigenvalue weighted by Gasteiger charge is 2.15. The molecule has 1 aromatic carbocycles. The van der Waals surface area contributed by atoms with Crippen molar-refractivity contribution in [2.45, 2.75) is 18.7 Å². The van der Waals surface area contributed by atoms with Crippen molar-refractivity contribution in [1.29, 1.82) is 0 Å². The lowest BCUT2D eigenvalue weighted by Gasteiger charge is -2.09. The number of hydrogen-bond donors (Lipinski definition) is 0. The van der Waals surface area contributed by atoms with Gasteiger partial charge >= 0.3 is 0 Å². The zero-order chi connectivity index (χ0) is 10.0. The molecule has 0 saturated carbocycles. The topological polar surface area (TPSA) is 9.23 Å². The van der Waals surface area contributed by atoms with E-state index in [1.54, 1.807) is 7.11 Å². The Hall–Kier alpha value is -0.630. The maximum Gasteiger partial charge on any atom is 0.157 e. The van der Waals surface area contributed by atoms with Gasteiger partial charge in [-0.15, -0.1) is 0 Å². The summed E-state index contributed by atoms with van der Waals surface area (Å²) in [6.07, 6.45) is 4.49. The average molecular weight is 197 g/mol. The Labute approximate surface area is 83.5 Å². The van der Waals surface area contributed by atoms with Crippen LogP contribution in [0.5, 0.6) is 5.75 Å². The molecule has 72 valence electrons. The van der Waals surface area contributed by atoms with E-state index in [4.69, 9.17) is 4.74 Å². The van der Waals surface area contributed by atoms with Gasteiger partial charge in [-0.3, -0.25) is 0 Å². The maximum absolute atomic E-state index is 5.26. The first-order valence-electron chi connectivity index (χ1n) is 4.29. The second kappa shape index (κ2) is 4.05. The van der Waals surface area contributed by atoms with Gasteiger partial charge in [-0.25, -0.2) is 0 Å². The molecule has 0 saturated heterocycles. The van der Waals surface area contributed by atoms with Crippen molar-refractivity contribution < 1.29 is 4.74 Å². The summed E-state index contributed by atoms with van der Waals surface area (Å²) in [5, 5.41) is 0.